The summed E-state index contributed by atoms with van der Waals surface area (Å²) in [4.78, 5) is 38.8. The lowest BCUT2D eigenvalue weighted by molar-refractivity contribution is -0.151. The number of benzene rings is 4. The van der Waals surface area contributed by atoms with Crippen molar-refractivity contribution in [2.75, 3.05) is 23.4 Å². The van der Waals surface area contributed by atoms with Crippen LogP contribution in [0.3, 0.4) is 0 Å². The summed E-state index contributed by atoms with van der Waals surface area (Å²) in [5.74, 6) is -0.545. The average Bonchev–Trinajstić information content (AvgIpc) is 3.29. The van der Waals surface area contributed by atoms with Crippen LogP contribution in [0.15, 0.2) is 91.0 Å². The van der Waals surface area contributed by atoms with E-state index in [9.17, 15) is 14.4 Å². The molecule has 0 unspecified atom stereocenters. The van der Waals surface area contributed by atoms with E-state index >= 15 is 0 Å². The van der Waals surface area contributed by atoms with Crippen molar-refractivity contribution in [2.45, 2.75) is 6.42 Å². The number of nitrogens with zero attached hydrogens (tertiary/aromatic N) is 1. The lowest BCUT2D eigenvalue weighted by Crippen LogP contribution is -2.28. The van der Waals surface area contributed by atoms with Crippen LogP contribution < -0.4 is 15.0 Å². The van der Waals surface area contributed by atoms with E-state index in [2.05, 4.69) is 5.32 Å². The zero-order valence-electron chi connectivity index (χ0n) is 19.7. The Bertz CT molecular complexity index is 1470. The van der Waals surface area contributed by atoms with Gasteiger partial charge < -0.3 is 19.7 Å². The van der Waals surface area contributed by atoms with Crippen molar-refractivity contribution in [3.05, 3.63) is 96.0 Å². The van der Waals surface area contributed by atoms with Crippen molar-refractivity contribution in [3.8, 4) is 11.5 Å². The zero-order valence-corrected chi connectivity index (χ0v) is 20.5. The number of fused-ring (bicyclic) bond motifs is 1. The lowest BCUT2D eigenvalue weighted by Gasteiger charge is -2.17. The van der Waals surface area contributed by atoms with Crippen LogP contribution in [0.2, 0.25) is 5.02 Å². The summed E-state index contributed by atoms with van der Waals surface area (Å²) in [7, 11) is 0. The van der Waals surface area contributed by atoms with E-state index < -0.39 is 24.4 Å². The van der Waals surface area contributed by atoms with Crippen molar-refractivity contribution in [1.29, 1.82) is 0 Å². The predicted octanol–water partition coefficient (Wildman–Crippen LogP) is 5.82. The summed E-state index contributed by atoms with van der Waals surface area (Å²) in [6.07, 6.45) is 0.0169. The van der Waals surface area contributed by atoms with Gasteiger partial charge in [0.25, 0.3) is 5.91 Å². The monoisotopic (exact) mass is 514 g/mol. The van der Waals surface area contributed by atoms with Gasteiger partial charge in [0.2, 0.25) is 5.91 Å². The molecule has 7 nitrogen and oxygen atoms in total. The molecule has 0 radical (unpaired) electrons. The number of ether oxygens (including phenoxy) is 2. The molecule has 8 heteroatoms. The Kier molecular flexibility index (Phi) is 7.05. The molecule has 4 aromatic rings. The number of nitrogens with one attached hydrogen (secondary N) is 1. The summed E-state index contributed by atoms with van der Waals surface area (Å²) in [6.45, 7) is -0.270. The number of hydrogen-bond donors (Lipinski definition) is 1. The van der Waals surface area contributed by atoms with Gasteiger partial charge in [-0.15, -0.1) is 0 Å². The van der Waals surface area contributed by atoms with Gasteiger partial charge in [0.15, 0.2) is 6.61 Å². The molecule has 4 aromatic carbocycles. The van der Waals surface area contributed by atoms with Crippen molar-refractivity contribution in [2.24, 2.45) is 5.92 Å². The summed E-state index contributed by atoms with van der Waals surface area (Å²) >= 11 is 5.91. The molecule has 0 spiro atoms. The molecule has 0 aromatic heterocycles. The second-order valence-corrected chi connectivity index (χ2v) is 9.08. The molecule has 1 fully saturated rings. The largest absolute Gasteiger partial charge is 0.457 e. The summed E-state index contributed by atoms with van der Waals surface area (Å²) in [5, 5.41) is 5.18. The fraction of sp³-hybridized carbons (Fsp3) is 0.138. The van der Waals surface area contributed by atoms with Crippen molar-refractivity contribution < 1.29 is 23.9 Å². The molecule has 1 N–H and O–H groups in total. The van der Waals surface area contributed by atoms with Gasteiger partial charge in [-0.05, 0) is 53.9 Å². The van der Waals surface area contributed by atoms with E-state index in [0.717, 1.165) is 16.5 Å². The standard InChI is InChI=1S/C29H23ClN2O5/c30-21-7-4-8-22(16-21)31-27(33)18-36-29(35)20-15-28(34)32(17-20)23-11-13-24(14-12-23)37-26-10-3-6-19-5-1-2-9-25(19)26/h1-14,16,20H,15,17-18H2,(H,31,33)/t20-/m1/s1. The highest BCUT2D eigenvalue weighted by atomic mass is 35.5. The smallest absolute Gasteiger partial charge is 0.311 e. The molecule has 0 bridgehead atoms. The van der Waals surface area contributed by atoms with Gasteiger partial charge >= 0.3 is 5.97 Å². The molecule has 0 saturated carbocycles. The van der Waals surface area contributed by atoms with Gasteiger partial charge in [-0.3, -0.25) is 14.4 Å². The first-order valence-electron chi connectivity index (χ1n) is 11.7. The SMILES string of the molecule is O=C(COC(=O)[C@@H]1CC(=O)N(c2ccc(Oc3cccc4ccccc34)cc2)C1)Nc1cccc(Cl)c1. The Labute approximate surface area is 218 Å². The topological polar surface area (TPSA) is 84.9 Å². The molecule has 37 heavy (non-hydrogen) atoms. The first kappa shape index (κ1) is 24.3. The third-order valence-corrected chi connectivity index (χ3v) is 6.27. The van der Waals surface area contributed by atoms with Crippen LogP contribution in [0, 0.1) is 5.92 Å². The maximum absolute atomic E-state index is 12.6. The highest BCUT2D eigenvalue weighted by molar-refractivity contribution is 6.30. The zero-order chi connectivity index (χ0) is 25.8. The summed E-state index contributed by atoms with van der Waals surface area (Å²) in [5.41, 5.74) is 1.16. The first-order valence-corrected chi connectivity index (χ1v) is 12.1. The molecule has 0 aliphatic carbocycles. The van der Waals surface area contributed by atoms with Crippen LogP contribution in [-0.4, -0.2) is 30.9 Å². The number of rotatable bonds is 7. The normalized spacial score (nSPS) is 15.0. The van der Waals surface area contributed by atoms with Gasteiger partial charge in [0.1, 0.15) is 11.5 Å². The molecule has 2 amide bonds. The number of carbonyl (C=O) groups excluding carboxylic acids is 3. The first-order chi connectivity index (χ1) is 18.0. The van der Waals surface area contributed by atoms with Crippen LogP contribution in [0.5, 0.6) is 11.5 Å². The van der Waals surface area contributed by atoms with Crippen LogP contribution in [0.25, 0.3) is 10.8 Å². The third-order valence-electron chi connectivity index (χ3n) is 6.04. The van der Waals surface area contributed by atoms with Gasteiger partial charge in [-0.25, -0.2) is 0 Å². The van der Waals surface area contributed by atoms with Crippen molar-refractivity contribution in [1.82, 2.24) is 0 Å². The van der Waals surface area contributed by atoms with Crippen molar-refractivity contribution >= 4 is 51.5 Å². The highest BCUT2D eigenvalue weighted by Crippen LogP contribution is 2.32. The molecule has 1 heterocycles. The van der Waals surface area contributed by atoms with E-state index in [1.807, 2.05) is 42.5 Å². The van der Waals surface area contributed by atoms with E-state index in [1.54, 1.807) is 53.4 Å². The molecule has 186 valence electrons. The fourth-order valence-corrected chi connectivity index (χ4v) is 4.43. The Hall–Kier alpha value is -4.36. The molecule has 1 aliphatic heterocycles. The average molecular weight is 515 g/mol. The minimum Gasteiger partial charge on any atom is -0.457 e. The fourth-order valence-electron chi connectivity index (χ4n) is 4.24. The van der Waals surface area contributed by atoms with Gasteiger partial charge in [0.05, 0.1) is 5.92 Å². The Morgan fingerprint density at radius 2 is 1.70 bits per heavy atom. The molecular weight excluding hydrogens is 492 g/mol. The maximum Gasteiger partial charge on any atom is 0.311 e. The third kappa shape index (κ3) is 5.73. The van der Waals surface area contributed by atoms with E-state index in [0.29, 0.717) is 22.1 Å². The molecular formula is C29H23ClN2O5. The molecule has 1 aliphatic rings. The number of esters is 1. The van der Waals surface area contributed by atoms with Crippen molar-refractivity contribution in [3.63, 3.8) is 0 Å². The molecule has 5 rings (SSSR count). The minimum absolute atomic E-state index is 0.0169. The number of halogens is 1. The van der Waals surface area contributed by atoms with Gasteiger partial charge in [-0.2, -0.15) is 0 Å². The Balaban J connectivity index is 1.17. The molecule has 1 atom stereocenters. The number of hydrogen-bond acceptors (Lipinski definition) is 5. The van der Waals surface area contributed by atoms with Gasteiger partial charge in [-0.1, -0.05) is 54.1 Å². The minimum atomic E-state index is -0.655. The molecule has 1 saturated heterocycles. The highest BCUT2D eigenvalue weighted by Gasteiger charge is 2.36. The van der Waals surface area contributed by atoms with Crippen LogP contribution in [0.1, 0.15) is 6.42 Å². The quantitative estimate of drug-likeness (QED) is 0.314. The number of anilines is 2. The number of amides is 2. The predicted molar refractivity (Wildman–Crippen MR) is 142 cm³/mol. The summed E-state index contributed by atoms with van der Waals surface area (Å²) in [6, 6.07) is 27.6. The maximum atomic E-state index is 12.6. The van der Waals surface area contributed by atoms with Crippen LogP contribution in [-0.2, 0) is 19.1 Å². The Morgan fingerprint density at radius 3 is 2.51 bits per heavy atom. The second kappa shape index (κ2) is 10.7. The Morgan fingerprint density at radius 1 is 0.946 bits per heavy atom. The van der Waals surface area contributed by atoms with Crippen LogP contribution >= 0.6 is 11.6 Å². The summed E-state index contributed by atoms with van der Waals surface area (Å²) < 4.78 is 11.2. The number of carbonyl (C=O) groups is 3. The van der Waals surface area contributed by atoms with E-state index in [4.69, 9.17) is 21.1 Å². The van der Waals surface area contributed by atoms with E-state index in [-0.39, 0.29) is 18.9 Å². The van der Waals surface area contributed by atoms with Gasteiger partial charge in [0, 0.05) is 34.7 Å². The lowest BCUT2D eigenvalue weighted by atomic mass is 10.1. The second-order valence-electron chi connectivity index (χ2n) is 8.64. The van der Waals surface area contributed by atoms with E-state index in [1.165, 1.54) is 0 Å². The van der Waals surface area contributed by atoms with Crippen LogP contribution in [0.4, 0.5) is 11.4 Å².